The highest BCUT2D eigenvalue weighted by Gasteiger charge is 2.27. The lowest BCUT2D eigenvalue weighted by molar-refractivity contribution is -0.120. The maximum atomic E-state index is 11.3. The summed E-state index contributed by atoms with van der Waals surface area (Å²) in [4.78, 5) is 15.7. The van der Waals surface area contributed by atoms with Gasteiger partial charge in [0, 0.05) is 12.5 Å². The summed E-state index contributed by atoms with van der Waals surface area (Å²) >= 11 is 0. The molecule has 5 nitrogen and oxygen atoms in total. The van der Waals surface area contributed by atoms with Gasteiger partial charge in [-0.25, -0.2) is 0 Å². The number of benzene rings is 2. The fourth-order valence-electron chi connectivity index (χ4n) is 2.41. The van der Waals surface area contributed by atoms with Crippen LogP contribution in [0.4, 0.5) is 0 Å². The molecule has 0 fully saturated rings. The third kappa shape index (κ3) is 2.70. The predicted octanol–water partition coefficient (Wildman–Crippen LogP) is 3.26. The Morgan fingerprint density at radius 1 is 1.14 bits per heavy atom. The number of carbonyl (C=O) groups is 1. The molecule has 1 amide bonds. The minimum atomic E-state index is -0.676. The number of aromatic nitrogens is 2. The predicted molar refractivity (Wildman–Crippen MR) is 84.1 cm³/mol. The number of hydrogen-bond donors (Lipinski definition) is 1. The van der Waals surface area contributed by atoms with Crippen molar-refractivity contribution in [3.05, 3.63) is 48.3 Å². The molecule has 112 valence electrons. The lowest BCUT2D eigenvalue weighted by Gasteiger charge is -2.20. The van der Waals surface area contributed by atoms with E-state index in [1.807, 2.05) is 50.2 Å². The number of fused-ring (bicyclic) bond motifs is 1. The van der Waals surface area contributed by atoms with Gasteiger partial charge < -0.3 is 9.84 Å². The second-order valence-corrected chi connectivity index (χ2v) is 5.79. The lowest BCUT2D eigenvalue weighted by Crippen LogP contribution is -2.40. The molecule has 1 N–H and O–H groups in total. The van der Waals surface area contributed by atoms with Gasteiger partial charge in [-0.15, -0.1) is 0 Å². The van der Waals surface area contributed by atoms with Gasteiger partial charge in [0.1, 0.15) is 0 Å². The Labute approximate surface area is 128 Å². The van der Waals surface area contributed by atoms with Crippen molar-refractivity contribution in [1.82, 2.24) is 15.5 Å². The molecule has 0 saturated heterocycles. The minimum Gasteiger partial charge on any atom is -0.344 e. The molecular formula is C17H17N3O2. The molecule has 0 aliphatic carbocycles. The van der Waals surface area contributed by atoms with E-state index in [0.29, 0.717) is 11.7 Å². The molecule has 0 unspecified atom stereocenters. The number of nitrogens with zero attached hydrogens (tertiary/aromatic N) is 2. The zero-order valence-electron chi connectivity index (χ0n) is 12.8. The van der Waals surface area contributed by atoms with Crippen LogP contribution in [0.3, 0.4) is 0 Å². The van der Waals surface area contributed by atoms with Gasteiger partial charge in [-0.3, -0.25) is 4.79 Å². The summed E-state index contributed by atoms with van der Waals surface area (Å²) in [5.74, 6) is 0.757. The van der Waals surface area contributed by atoms with Gasteiger partial charge in [0.25, 0.3) is 5.89 Å². The third-order valence-electron chi connectivity index (χ3n) is 3.47. The summed E-state index contributed by atoms with van der Waals surface area (Å²) in [6.45, 7) is 5.14. The molecule has 5 heteroatoms. The average Bonchev–Trinajstić information content (AvgIpc) is 2.96. The first-order chi connectivity index (χ1) is 10.5. The van der Waals surface area contributed by atoms with Crippen LogP contribution in [0.5, 0.6) is 0 Å². The van der Waals surface area contributed by atoms with Gasteiger partial charge in [0.05, 0.1) is 5.54 Å². The molecule has 0 aliphatic rings. The smallest absolute Gasteiger partial charge is 0.258 e. The molecule has 22 heavy (non-hydrogen) atoms. The topological polar surface area (TPSA) is 68.0 Å². The molecule has 0 aliphatic heterocycles. The summed E-state index contributed by atoms with van der Waals surface area (Å²) in [5, 5.41) is 9.07. The van der Waals surface area contributed by atoms with E-state index in [1.165, 1.54) is 6.92 Å². The number of carbonyl (C=O) groups excluding carboxylic acids is 1. The summed E-state index contributed by atoms with van der Waals surface area (Å²) in [6.07, 6.45) is 0. The van der Waals surface area contributed by atoms with Crippen LogP contribution in [0, 0.1) is 0 Å². The number of nitrogens with one attached hydrogen (secondary N) is 1. The fourth-order valence-corrected chi connectivity index (χ4v) is 2.41. The van der Waals surface area contributed by atoms with Crippen LogP contribution in [-0.4, -0.2) is 16.0 Å². The van der Waals surface area contributed by atoms with Gasteiger partial charge in [0.15, 0.2) is 5.82 Å². The Balaban J connectivity index is 1.96. The highest BCUT2D eigenvalue weighted by atomic mass is 16.5. The van der Waals surface area contributed by atoms with E-state index >= 15 is 0 Å². The van der Waals surface area contributed by atoms with Gasteiger partial charge in [0.2, 0.25) is 5.91 Å². The molecule has 1 aromatic heterocycles. The van der Waals surface area contributed by atoms with Crippen LogP contribution in [0.15, 0.2) is 47.0 Å². The Morgan fingerprint density at radius 2 is 1.86 bits per heavy atom. The molecule has 0 spiro atoms. The van der Waals surface area contributed by atoms with Crippen LogP contribution >= 0.6 is 0 Å². The number of rotatable bonds is 3. The molecule has 3 aromatic rings. The first kappa shape index (κ1) is 14.3. The van der Waals surface area contributed by atoms with E-state index in [1.54, 1.807) is 0 Å². The number of amides is 1. The van der Waals surface area contributed by atoms with Crippen LogP contribution in [0.1, 0.15) is 26.6 Å². The van der Waals surface area contributed by atoms with Crippen molar-refractivity contribution in [2.45, 2.75) is 26.3 Å². The van der Waals surface area contributed by atoms with Crippen LogP contribution in [0.2, 0.25) is 0 Å². The van der Waals surface area contributed by atoms with E-state index in [0.717, 1.165) is 16.3 Å². The molecule has 1 heterocycles. The van der Waals surface area contributed by atoms with Crippen molar-refractivity contribution in [2.75, 3.05) is 0 Å². The quantitative estimate of drug-likeness (QED) is 0.805. The summed E-state index contributed by atoms with van der Waals surface area (Å²) in [6, 6.07) is 14.1. The maximum absolute atomic E-state index is 11.3. The number of hydrogen-bond acceptors (Lipinski definition) is 4. The van der Waals surface area contributed by atoms with Crippen LogP contribution in [0.25, 0.3) is 22.2 Å². The van der Waals surface area contributed by atoms with Gasteiger partial charge in [-0.05, 0) is 36.8 Å². The summed E-state index contributed by atoms with van der Waals surface area (Å²) in [5.41, 5.74) is 0.181. The monoisotopic (exact) mass is 295 g/mol. The Bertz CT molecular complexity index is 837. The van der Waals surface area contributed by atoms with Crippen molar-refractivity contribution in [3.63, 3.8) is 0 Å². The van der Waals surface area contributed by atoms with Crippen molar-refractivity contribution >= 4 is 16.7 Å². The SMILES string of the molecule is CC(=O)NC(C)(C)c1noc(-c2ccc3ccccc3c2)n1. The molecule has 3 rings (SSSR count). The second kappa shape index (κ2) is 5.26. The van der Waals surface area contributed by atoms with E-state index in [4.69, 9.17) is 4.52 Å². The highest BCUT2D eigenvalue weighted by Crippen LogP contribution is 2.25. The Kier molecular flexibility index (Phi) is 3.41. The van der Waals surface area contributed by atoms with E-state index in [-0.39, 0.29) is 5.91 Å². The summed E-state index contributed by atoms with van der Waals surface area (Å²) in [7, 11) is 0. The van der Waals surface area contributed by atoms with Crippen molar-refractivity contribution in [2.24, 2.45) is 0 Å². The molecular weight excluding hydrogens is 278 g/mol. The standard InChI is InChI=1S/C17H17N3O2/c1-11(21)19-17(2,3)16-18-15(22-20-16)14-9-8-12-6-4-5-7-13(12)10-14/h4-10H,1-3H3,(H,19,21). The van der Waals surface area contributed by atoms with Crippen molar-refractivity contribution in [3.8, 4) is 11.5 Å². The lowest BCUT2D eigenvalue weighted by atomic mass is 10.0. The maximum Gasteiger partial charge on any atom is 0.258 e. The van der Waals surface area contributed by atoms with Gasteiger partial charge in [-0.2, -0.15) is 4.98 Å². The third-order valence-corrected chi connectivity index (χ3v) is 3.47. The summed E-state index contributed by atoms with van der Waals surface area (Å²) < 4.78 is 5.36. The minimum absolute atomic E-state index is 0.137. The molecule has 0 radical (unpaired) electrons. The fraction of sp³-hybridized carbons (Fsp3) is 0.235. The van der Waals surface area contributed by atoms with Crippen molar-refractivity contribution in [1.29, 1.82) is 0 Å². The van der Waals surface area contributed by atoms with Crippen molar-refractivity contribution < 1.29 is 9.32 Å². The van der Waals surface area contributed by atoms with Gasteiger partial charge in [-0.1, -0.05) is 35.5 Å². The van der Waals surface area contributed by atoms with E-state index < -0.39 is 5.54 Å². The molecule has 2 aromatic carbocycles. The Morgan fingerprint density at radius 3 is 2.59 bits per heavy atom. The average molecular weight is 295 g/mol. The molecule has 0 atom stereocenters. The zero-order valence-corrected chi connectivity index (χ0v) is 12.8. The highest BCUT2D eigenvalue weighted by molar-refractivity contribution is 5.86. The van der Waals surface area contributed by atoms with E-state index in [2.05, 4.69) is 21.5 Å². The van der Waals surface area contributed by atoms with E-state index in [9.17, 15) is 4.79 Å². The van der Waals surface area contributed by atoms with Crippen LogP contribution in [-0.2, 0) is 10.3 Å². The van der Waals surface area contributed by atoms with Gasteiger partial charge >= 0.3 is 0 Å². The molecule has 0 saturated carbocycles. The zero-order chi connectivity index (χ0) is 15.7. The normalized spacial score (nSPS) is 11.6. The first-order valence-corrected chi connectivity index (χ1v) is 7.08. The molecule has 0 bridgehead atoms. The van der Waals surface area contributed by atoms with Crippen LogP contribution < -0.4 is 5.32 Å². The Hall–Kier alpha value is -2.69. The first-order valence-electron chi connectivity index (χ1n) is 7.08. The largest absolute Gasteiger partial charge is 0.344 e. The second-order valence-electron chi connectivity index (χ2n) is 5.79.